The summed E-state index contributed by atoms with van der Waals surface area (Å²) in [4.78, 5) is 25.1. The fourth-order valence-corrected chi connectivity index (χ4v) is 5.11. The third-order valence-electron chi connectivity index (χ3n) is 3.45. The van der Waals surface area contributed by atoms with E-state index in [9.17, 15) is 9.59 Å². The van der Waals surface area contributed by atoms with Crippen LogP contribution in [0.4, 0.5) is 0 Å². The van der Waals surface area contributed by atoms with E-state index in [1.807, 2.05) is 33.1 Å². The maximum absolute atomic E-state index is 12.2. The largest absolute Gasteiger partial charge is 0.462 e. The number of carbonyl (C=O) groups excluding carboxylic acids is 2. The molecule has 1 atom stereocenters. The lowest BCUT2D eigenvalue weighted by Crippen LogP contribution is -2.18. The smallest absolute Gasteiger partial charge is 0.348 e. The highest BCUT2D eigenvalue weighted by Gasteiger charge is 2.26. The van der Waals surface area contributed by atoms with Gasteiger partial charge in [-0.1, -0.05) is 43.6 Å². The van der Waals surface area contributed by atoms with Crippen LogP contribution in [0.15, 0.2) is 14.6 Å². The molecule has 1 heterocycles. The fraction of sp³-hybridized carbons (Fsp3) is 0.529. The highest BCUT2D eigenvalue weighted by atomic mass is 32.2. The van der Waals surface area contributed by atoms with Crippen molar-refractivity contribution in [3.63, 3.8) is 0 Å². The molecule has 6 heteroatoms. The van der Waals surface area contributed by atoms with Crippen LogP contribution in [0.25, 0.3) is 6.08 Å². The second-order valence-electron chi connectivity index (χ2n) is 6.40. The highest BCUT2D eigenvalue weighted by molar-refractivity contribution is 7.89. The Balaban J connectivity index is 2.48. The molecule has 2 rings (SSSR count). The van der Waals surface area contributed by atoms with Crippen LogP contribution in [-0.4, -0.2) is 24.7 Å². The molecule has 1 aromatic heterocycles. The molecule has 0 saturated carbocycles. The van der Waals surface area contributed by atoms with E-state index >= 15 is 0 Å². The van der Waals surface area contributed by atoms with Crippen LogP contribution in [-0.2, 0) is 26.6 Å². The molecule has 0 fully saturated rings. The summed E-state index contributed by atoms with van der Waals surface area (Å²) in [6.45, 7) is 7.76. The SMILES string of the molecule is CCOC(=O)c1sc(S(C)=NC(=O)C(C)(C)C)c2c1CCC=C2. The van der Waals surface area contributed by atoms with Crippen molar-refractivity contribution in [2.45, 2.75) is 44.7 Å². The number of rotatable bonds is 3. The van der Waals surface area contributed by atoms with Crippen molar-refractivity contribution in [3.05, 3.63) is 22.1 Å². The molecule has 23 heavy (non-hydrogen) atoms. The average Bonchev–Trinajstić information content (AvgIpc) is 2.86. The normalized spacial score (nSPS) is 15.3. The maximum atomic E-state index is 12.2. The van der Waals surface area contributed by atoms with Crippen LogP contribution in [0.5, 0.6) is 0 Å². The Labute approximate surface area is 144 Å². The van der Waals surface area contributed by atoms with E-state index < -0.39 is 16.1 Å². The lowest BCUT2D eigenvalue weighted by atomic mass is 9.96. The van der Waals surface area contributed by atoms with E-state index in [4.69, 9.17) is 4.74 Å². The number of ether oxygens (including phenoxy) is 1. The molecule has 0 saturated heterocycles. The summed E-state index contributed by atoms with van der Waals surface area (Å²) in [6.07, 6.45) is 7.85. The first-order chi connectivity index (χ1) is 10.8. The van der Waals surface area contributed by atoms with Gasteiger partial charge in [0.05, 0.1) is 10.8 Å². The zero-order valence-electron chi connectivity index (χ0n) is 14.3. The molecular weight excluding hydrogens is 330 g/mol. The Morgan fingerprint density at radius 3 is 2.70 bits per heavy atom. The van der Waals surface area contributed by atoms with E-state index in [0.717, 1.165) is 28.2 Å². The van der Waals surface area contributed by atoms with E-state index in [0.29, 0.717) is 11.5 Å². The Morgan fingerprint density at radius 2 is 2.09 bits per heavy atom. The fourth-order valence-electron chi connectivity index (χ4n) is 2.18. The van der Waals surface area contributed by atoms with Gasteiger partial charge in [0.1, 0.15) is 4.88 Å². The van der Waals surface area contributed by atoms with Crippen LogP contribution in [0.3, 0.4) is 0 Å². The molecule has 0 aromatic carbocycles. The van der Waals surface area contributed by atoms with Crippen molar-refractivity contribution in [1.29, 1.82) is 0 Å². The second kappa shape index (κ2) is 7.09. The summed E-state index contributed by atoms with van der Waals surface area (Å²) in [5, 5.41) is 0. The molecule has 0 spiro atoms. The van der Waals surface area contributed by atoms with Gasteiger partial charge in [0, 0.05) is 11.0 Å². The number of allylic oxidation sites excluding steroid dienone is 1. The van der Waals surface area contributed by atoms with Gasteiger partial charge in [0.25, 0.3) is 5.91 Å². The van der Waals surface area contributed by atoms with Gasteiger partial charge in [0.15, 0.2) is 0 Å². The van der Waals surface area contributed by atoms with Crippen molar-refractivity contribution < 1.29 is 14.3 Å². The number of fused-ring (bicyclic) bond motifs is 1. The molecule has 1 unspecified atom stereocenters. The van der Waals surface area contributed by atoms with Gasteiger partial charge in [-0.25, -0.2) is 4.79 Å². The van der Waals surface area contributed by atoms with Crippen LogP contribution >= 0.6 is 11.3 Å². The maximum Gasteiger partial charge on any atom is 0.348 e. The Morgan fingerprint density at radius 1 is 1.39 bits per heavy atom. The summed E-state index contributed by atoms with van der Waals surface area (Å²) < 4.78 is 10.5. The molecule has 126 valence electrons. The molecule has 0 radical (unpaired) electrons. The number of thiophene rings is 1. The average molecular weight is 354 g/mol. The van der Waals surface area contributed by atoms with E-state index in [1.165, 1.54) is 11.3 Å². The van der Waals surface area contributed by atoms with E-state index in [2.05, 4.69) is 10.4 Å². The third-order valence-corrected chi connectivity index (χ3v) is 6.64. The Kier molecular flexibility index (Phi) is 5.57. The van der Waals surface area contributed by atoms with Crippen LogP contribution in [0.2, 0.25) is 0 Å². The van der Waals surface area contributed by atoms with Crippen LogP contribution in [0.1, 0.15) is 54.9 Å². The zero-order valence-corrected chi connectivity index (χ0v) is 15.9. The summed E-state index contributed by atoms with van der Waals surface area (Å²) in [5.41, 5.74) is 1.61. The van der Waals surface area contributed by atoms with Gasteiger partial charge < -0.3 is 4.74 Å². The molecule has 4 nitrogen and oxygen atoms in total. The van der Waals surface area contributed by atoms with E-state index in [-0.39, 0.29) is 11.9 Å². The molecule has 0 bridgehead atoms. The first-order valence-corrected chi connectivity index (χ1v) is 10.1. The first-order valence-electron chi connectivity index (χ1n) is 7.67. The van der Waals surface area contributed by atoms with Gasteiger partial charge in [-0.15, -0.1) is 11.3 Å². The second-order valence-corrected chi connectivity index (χ2v) is 9.22. The minimum absolute atomic E-state index is 0.108. The lowest BCUT2D eigenvalue weighted by molar-refractivity contribution is -0.124. The van der Waals surface area contributed by atoms with Crippen LogP contribution < -0.4 is 0 Å². The summed E-state index contributed by atoms with van der Waals surface area (Å²) in [6, 6.07) is 0. The molecule has 0 N–H and O–H groups in total. The highest BCUT2D eigenvalue weighted by Crippen LogP contribution is 2.36. The number of hydrogen-bond donors (Lipinski definition) is 0. The van der Waals surface area contributed by atoms with Crippen molar-refractivity contribution in [3.8, 4) is 0 Å². The number of hydrogen-bond acceptors (Lipinski definition) is 4. The van der Waals surface area contributed by atoms with Gasteiger partial charge in [0.2, 0.25) is 0 Å². The predicted molar refractivity (Wildman–Crippen MR) is 96.1 cm³/mol. The first kappa shape index (κ1) is 18.1. The Bertz CT molecular complexity index is 693. The minimum atomic E-state index is -0.564. The number of carbonyl (C=O) groups is 2. The topological polar surface area (TPSA) is 55.7 Å². The molecule has 1 amide bonds. The molecule has 0 aliphatic heterocycles. The van der Waals surface area contributed by atoms with Crippen molar-refractivity contribution in [1.82, 2.24) is 0 Å². The lowest BCUT2D eigenvalue weighted by Gasteiger charge is -2.13. The zero-order chi connectivity index (χ0) is 17.2. The van der Waals surface area contributed by atoms with Crippen LogP contribution in [0, 0.1) is 5.41 Å². The molecule has 1 aromatic rings. The predicted octanol–water partition coefficient (Wildman–Crippen LogP) is 4.25. The van der Waals surface area contributed by atoms with E-state index in [1.54, 1.807) is 6.92 Å². The van der Waals surface area contributed by atoms with Gasteiger partial charge in [-0.05, 0) is 31.6 Å². The number of amides is 1. The van der Waals surface area contributed by atoms with Gasteiger partial charge in [-0.2, -0.15) is 4.36 Å². The monoisotopic (exact) mass is 353 g/mol. The minimum Gasteiger partial charge on any atom is -0.462 e. The number of esters is 1. The van der Waals surface area contributed by atoms with Crippen molar-refractivity contribution in [2.24, 2.45) is 9.78 Å². The third kappa shape index (κ3) is 3.98. The summed E-state index contributed by atoms with van der Waals surface area (Å²) in [7, 11) is -0.564. The van der Waals surface area contributed by atoms with Crippen molar-refractivity contribution >= 4 is 40.0 Å². The van der Waals surface area contributed by atoms with Gasteiger partial charge in [-0.3, -0.25) is 4.79 Å². The molecular formula is C17H23NO3S2. The Hall–Kier alpha value is -1.27. The summed E-state index contributed by atoms with van der Waals surface area (Å²) in [5.74, 6) is -0.377. The standard InChI is InChI=1S/C17H23NO3S2/c1-6-21-14(19)13-11-9-7-8-10-12(11)15(22-13)23(5)18-16(20)17(2,3)4/h8,10H,6-7,9H2,1-5H3. The quantitative estimate of drug-likeness (QED) is 0.764. The molecule has 1 aliphatic carbocycles. The van der Waals surface area contributed by atoms with Crippen molar-refractivity contribution in [2.75, 3.05) is 12.9 Å². The number of nitrogens with zero attached hydrogens (tertiary/aromatic N) is 1. The van der Waals surface area contributed by atoms with Gasteiger partial charge >= 0.3 is 5.97 Å². The molecule has 1 aliphatic rings. The summed E-state index contributed by atoms with van der Waals surface area (Å²) >= 11 is 1.42.